The van der Waals surface area contributed by atoms with Crippen molar-refractivity contribution in [3.05, 3.63) is 35.5 Å². The lowest BCUT2D eigenvalue weighted by molar-refractivity contribution is -0.205. The van der Waals surface area contributed by atoms with E-state index < -0.39 is 47.0 Å². The molecule has 3 fully saturated rings. The molecule has 1 heterocycles. The van der Waals surface area contributed by atoms with E-state index in [2.05, 4.69) is 6.08 Å². The Morgan fingerprint density at radius 3 is 2.63 bits per heavy atom. The predicted molar refractivity (Wildman–Crippen MR) is 106 cm³/mol. The van der Waals surface area contributed by atoms with Crippen molar-refractivity contribution < 1.29 is 27.8 Å². The molecular formula is C24H28F2O4. The van der Waals surface area contributed by atoms with Crippen LogP contribution in [-0.2, 0) is 19.1 Å². The molecule has 6 heteroatoms. The summed E-state index contributed by atoms with van der Waals surface area (Å²) in [5.41, 5.74) is -1.08. The van der Waals surface area contributed by atoms with Gasteiger partial charge in [-0.1, -0.05) is 24.6 Å². The number of ether oxygens (including phenoxy) is 2. The van der Waals surface area contributed by atoms with Crippen LogP contribution in [0.25, 0.3) is 0 Å². The summed E-state index contributed by atoms with van der Waals surface area (Å²) in [4.78, 5) is 24.9. The van der Waals surface area contributed by atoms with Crippen LogP contribution in [-0.4, -0.2) is 41.9 Å². The summed E-state index contributed by atoms with van der Waals surface area (Å²) in [6.07, 6.45) is 6.36. The minimum Gasteiger partial charge on any atom is -0.344 e. The van der Waals surface area contributed by atoms with Crippen molar-refractivity contribution in [2.75, 3.05) is 6.67 Å². The first-order valence-corrected chi connectivity index (χ1v) is 10.8. The monoisotopic (exact) mass is 418 g/mol. The van der Waals surface area contributed by atoms with Crippen molar-refractivity contribution in [2.45, 2.75) is 70.6 Å². The smallest absolute Gasteiger partial charge is 0.198 e. The molecule has 1 aliphatic heterocycles. The van der Waals surface area contributed by atoms with E-state index in [1.807, 2.05) is 19.9 Å². The first-order chi connectivity index (χ1) is 14.0. The summed E-state index contributed by atoms with van der Waals surface area (Å²) in [5.74, 6) is -1.93. The second-order valence-electron chi connectivity index (χ2n) is 10.4. The van der Waals surface area contributed by atoms with E-state index >= 15 is 4.39 Å². The van der Waals surface area contributed by atoms with E-state index in [4.69, 9.17) is 9.47 Å². The van der Waals surface area contributed by atoms with E-state index in [0.29, 0.717) is 18.4 Å². The van der Waals surface area contributed by atoms with Gasteiger partial charge in [0.1, 0.15) is 6.17 Å². The quantitative estimate of drug-likeness (QED) is 0.631. The van der Waals surface area contributed by atoms with Crippen LogP contribution in [0.1, 0.15) is 47.0 Å². The third kappa shape index (κ3) is 2.27. The van der Waals surface area contributed by atoms with E-state index in [-0.39, 0.29) is 24.0 Å². The topological polar surface area (TPSA) is 52.6 Å². The van der Waals surface area contributed by atoms with E-state index in [1.165, 1.54) is 12.2 Å². The van der Waals surface area contributed by atoms with Gasteiger partial charge in [-0.05, 0) is 69.6 Å². The second-order valence-corrected chi connectivity index (χ2v) is 10.4. The summed E-state index contributed by atoms with van der Waals surface area (Å²) in [7, 11) is 0. The number of hydrogen-bond acceptors (Lipinski definition) is 4. The lowest BCUT2D eigenvalue weighted by Crippen LogP contribution is -2.59. The summed E-state index contributed by atoms with van der Waals surface area (Å²) in [5, 5.41) is 0. The molecule has 4 nitrogen and oxygen atoms in total. The molecule has 0 bridgehead atoms. The number of fused-ring (bicyclic) bond motifs is 7. The minimum atomic E-state index is -1.36. The van der Waals surface area contributed by atoms with Gasteiger partial charge in [-0.3, -0.25) is 9.59 Å². The Labute approximate surface area is 175 Å². The molecule has 7 atom stereocenters. The highest BCUT2D eigenvalue weighted by atomic mass is 19.1. The lowest BCUT2D eigenvalue weighted by atomic mass is 9.51. The zero-order valence-electron chi connectivity index (χ0n) is 17.8. The molecule has 4 aliphatic carbocycles. The highest BCUT2D eigenvalue weighted by Gasteiger charge is 2.75. The molecule has 5 aliphatic rings. The number of halogens is 2. The number of carbonyl (C=O) groups excluding carboxylic acids is 2. The Morgan fingerprint density at radius 2 is 1.93 bits per heavy atom. The largest absolute Gasteiger partial charge is 0.344 e. The Balaban J connectivity index is 1.63. The number of ketones is 2. The van der Waals surface area contributed by atoms with Gasteiger partial charge in [-0.2, -0.15) is 0 Å². The molecular weight excluding hydrogens is 390 g/mol. The molecule has 0 aromatic rings. The van der Waals surface area contributed by atoms with Crippen LogP contribution in [0.3, 0.4) is 0 Å². The zero-order chi connectivity index (χ0) is 21.7. The molecule has 1 saturated heterocycles. The Hall–Kier alpha value is -1.66. The summed E-state index contributed by atoms with van der Waals surface area (Å²) in [6, 6.07) is 0. The summed E-state index contributed by atoms with van der Waals surface area (Å²) in [6.45, 7) is 6.33. The van der Waals surface area contributed by atoms with Gasteiger partial charge in [0.15, 0.2) is 29.6 Å². The number of Topliss-reactive ketones (excluding diaryl/α,β-unsaturated/α-hetero) is 1. The van der Waals surface area contributed by atoms with Gasteiger partial charge in [-0.25, -0.2) is 8.78 Å². The summed E-state index contributed by atoms with van der Waals surface area (Å²) >= 11 is 0. The highest BCUT2D eigenvalue weighted by molar-refractivity contribution is 6.01. The second kappa shape index (κ2) is 5.98. The SMILES string of the molecule is CC1(C)O[C@@H]2C[C@H]3[C@@H]4C[C@H](F)C5=CC(=O)C=C[C@]5(C)C4=CC[C@]3(C)[C@]2(C(=O)CF)O1. The van der Waals surface area contributed by atoms with Crippen LogP contribution in [0, 0.1) is 22.7 Å². The summed E-state index contributed by atoms with van der Waals surface area (Å²) < 4.78 is 41.5. The van der Waals surface area contributed by atoms with Crippen LogP contribution in [0.15, 0.2) is 35.5 Å². The normalized spacial score (nSPS) is 48.3. The van der Waals surface area contributed by atoms with E-state index in [1.54, 1.807) is 13.8 Å². The highest BCUT2D eigenvalue weighted by Crippen LogP contribution is 2.69. The van der Waals surface area contributed by atoms with Crippen molar-refractivity contribution in [2.24, 2.45) is 22.7 Å². The van der Waals surface area contributed by atoms with Gasteiger partial charge in [0.05, 0.1) is 6.10 Å². The van der Waals surface area contributed by atoms with Gasteiger partial charge in [0.25, 0.3) is 0 Å². The molecule has 2 saturated carbocycles. The van der Waals surface area contributed by atoms with Crippen LogP contribution >= 0.6 is 0 Å². The van der Waals surface area contributed by atoms with Crippen molar-refractivity contribution in [3.63, 3.8) is 0 Å². The fraction of sp³-hybridized carbons (Fsp3) is 0.667. The van der Waals surface area contributed by atoms with Gasteiger partial charge in [0.2, 0.25) is 0 Å². The average Bonchev–Trinajstić information content (AvgIpc) is 3.09. The molecule has 0 aromatic heterocycles. The van der Waals surface area contributed by atoms with Crippen molar-refractivity contribution in [1.82, 2.24) is 0 Å². The molecule has 0 unspecified atom stereocenters. The number of allylic oxidation sites excluding steroid dienone is 6. The van der Waals surface area contributed by atoms with Crippen molar-refractivity contribution >= 4 is 11.6 Å². The fourth-order valence-corrected chi connectivity index (χ4v) is 7.24. The number of hydrogen-bond donors (Lipinski definition) is 0. The molecule has 5 rings (SSSR count). The number of alkyl halides is 2. The number of rotatable bonds is 2. The van der Waals surface area contributed by atoms with Crippen molar-refractivity contribution in [3.8, 4) is 0 Å². The Bertz CT molecular complexity index is 933. The zero-order valence-corrected chi connectivity index (χ0v) is 17.8. The first-order valence-electron chi connectivity index (χ1n) is 10.8. The maximum atomic E-state index is 15.4. The molecule has 162 valence electrons. The molecule has 0 N–H and O–H groups in total. The third-order valence-electron chi connectivity index (χ3n) is 8.46. The minimum absolute atomic E-state index is 0.0725. The van der Waals surface area contributed by atoms with Gasteiger partial charge in [-0.15, -0.1) is 0 Å². The Kier molecular flexibility index (Phi) is 4.03. The van der Waals surface area contributed by atoms with E-state index in [9.17, 15) is 14.0 Å². The van der Waals surface area contributed by atoms with Crippen LogP contribution in [0.4, 0.5) is 8.78 Å². The van der Waals surface area contributed by atoms with Gasteiger partial charge in [0, 0.05) is 10.8 Å². The molecule has 30 heavy (non-hydrogen) atoms. The predicted octanol–water partition coefficient (Wildman–Crippen LogP) is 4.20. The molecule has 0 spiro atoms. The van der Waals surface area contributed by atoms with Gasteiger partial charge < -0.3 is 9.47 Å². The standard InChI is InChI=1S/C24H28F2O4/c1-21(2)29-20-11-16-14-10-18(26)17-9-13(27)5-7-22(17,3)15(14)6-8-23(16,4)24(20,30-21)19(28)12-25/h5-7,9,14,16,18,20H,8,10-12H2,1-4H3/t14-,16+,18+,20-,22-,23+,24-/m1/s1. The number of carbonyl (C=O) groups is 2. The van der Waals surface area contributed by atoms with E-state index in [0.717, 1.165) is 5.57 Å². The maximum absolute atomic E-state index is 15.4. The fourth-order valence-electron chi connectivity index (χ4n) is 7.24. The molecule has 0 aromatic carbocycles. The van der Waals surface area contributed by atoms with Crippen LogP contribution < -0.4 is 0 Å². The molecule has 0 radical (unpaired) electrons. The molecule has 0 amide bonds. The first kappa shape index (κ1) is 20.3. The van der Waals surface area contributed by atoms with Crippen LogP contribution in [0.2, 0.25) is 0 Å². The lowest BCUT2D eigenvalue weighted by Gasteiger charge is -2.54. The third-order valence-corrected chi connectivity index (χ3v) is 8.46. The maximum Gasteiger partial charge on any atom is 0.198 e. The van der Waals surface area contributed by atoms with Gasteiger partial charge >= 0.3 is 0 Å². The van der Waals surface area contributed by atoms with Crippen molar-refractivity contribution in [1.29, 1.82) is 0 Å². The average molecular weight is 418 g/mol. The van der Waals surface area contributed by atoms with Crippen LogP contribution in [0.5, 0.6) is 0 Å². The Morgan fingerprint density at radius 1 is 1.20 bits per heavy atom.